The summed E-state index contributed by atoms with van der Waals surface area (Å²) in [5.74, 6) is -1.32. The third kappa shape index (κ3) is 7.13. The first-order chi connectivity index (χ1) is 14.6. The van der Waals surface area contributed by atoms with Crippen molar-refractivity contribution >= 4 is 23.7 Å². The van der Waals surface area contributed by atoms with Crippen LogP contribution < -0.4 is 5.32 Å². The van der Waals surface area contributed by atoms with Gasteiger partial charge in [0.2, 0.25) is 0 Å². The van der Waals surface area contributed by atoms with E-state index in [0.29, 0.717) is 12.0 Å². The summed E-state index contributed by atoms with van der Waals surface area (Å²) >= 11 is 0. The average Bonchev–Trinajstić information content (AvgIpc) is 2.66. The van der Waals surface area contributed by atoms with E-state index < -0.39 is 18.1 Å². The van der Waals surface area contributed by atoms with Crippen LogP contribution in [-0.2, 0) is 11.2 Å². The molecular weight excluding hydrogens is 396 g/mol. The van der Waals surface area contributed by atoms with Gasteiger partial charge in [0.25, 0.3) is 5.91 Å². The zero-order chi connectivity index (χ0) is 23.1. The number of nitrogens with zero attached hydrogens (tertiary/aromatic N) is 1. The molecule has 0 aromatic heterocycles. The number of carbonyl (C=O) groups is 3. The minimum Gasteiger partial charge on any atom is -0.480 e. The molecule has 31 heavy (non-hydrogen) atoms. The van der Waals surface area contributed by atoms with Crippen molar-refractivity contribution in [2.24, 2.45) is 5.92 Å². The Kier molecular flexibility index (Phi) is 8.19. The average molecular weight is 427 g/mol. The van der Waals surface area contributed by atoms with E-state index in [0.717, 1.165) is 27.3 Å². The molecule has 2 aromatic rings. The Hall–Kier alpha value is -3.35. The van der Waals surface area contributed by atoms with Crippen molar-refractivity contribution in [1.82, 2.24) is 4.90 Å². The molecular formula is C24H30N2O5. The number of hydrogen-bond acceptors (Lipinski definition) is 3. The molecule has 0 saturated heterocycles. The maximum atomic E-state index is 12.5. The number of aliphatic carboxylic acids is 1. The Morgan fingerprint density at radius 2 is 1.55 bits per heavy atom. The molecule has 1 unspecified atom stereocenters. The van der Waals surface area contributed by atoms with Crippen LogP contribution in [0.15, 0.2) is 42.5 Å². The molecule has 0 aliphatic carbocycles. The van der Waals surface area contributed by atoms with Gasteiger partial charge in [0, 0.05) is 17.8 Å². The molecule has 0 radical (unpaired) electrons. The zero-order valence-electron chi connectivity index (χ0n) is 18.4. The van der Waals surface area contributed by atoms with E-state index in [-0.39, 0.29) is 24.8 Å². The summed E-state index contributed by atoms with van der Waals surface area (Å²) < 4.78 is 0. The number of aryl methyl sites for hydroxylation is 2. The van der Waals surface area contributed by atoms with Crippen LogP contribution in [0.3, 0.4) is 0 Å². The van der Waals surface area contributed by atoms with Gasteiger partial charge in [-0.25, -0.2) is 9.59 Å². The van der Waals surface area contributed by atoms with Crippen LogP contribution in [0.1, 0.15) is 47.3 Å². The van der Waals surface area contributed by atoms with E-state index in [4.69, 9.17) is 0 Å². The predicted octanol–water partition coefficient (Wildman–Crippen LogP) is 4.58. The highest BCUT2D eigenvalue weighted by atomic mass is 16.4. The van der Waals surface area contributed by atoms with E-state index in [1.54, 1.807) is 24.3 Å². The number of benzene rings is 2. The van der Waals surface area contributed by atoms with Gasteiger partial charge < -0.3 is 15.5 Å². The molecule has 2 rings (SSSR count). The van der Waals surface area contributed by atoms with Crippen molar-refractivity contribution in [3.05, 3.63) is 64.7 Å². The van der Waals surface area contributed by atoms with Gasteiger partial charge in [-0.15, -0.1) is 0 Å². The molecule has 7 heteroatoms. The van der Waals surface area contributed by atoms with Gasteiger partial charge in [0.15, 0.2) is 0 Å². The summed E-state index contributed by atoms with van der Waals surface area (Å²) in [6, 6.07) is 11.6. The van der Waals surface area contributed by atoms with Gasteiger partial charge in [-0.05, 0) is 73.6 Å². The largest absolute Gasteiger partial charge is 0.480 e. The summed E-state index contributed by atoms with van der Waals surface area (Å²) in [5, 5.41) is 21.8. The zero-order valence-corrected chi connectivity index (χ0v) is 18.4. The quantitative estimate of drug-likeness (QED) is 0.544. The molecule has 0 bridgehead atoms. The van der Waals surface area contributed by atoms with E-state index in [1.807, 2.05) is 45.9 Å². The lowest BCUT2D eigenvalue weighted by Crippen LogP contribution is -2.46. The van der Waals surface area contributed by atoms with Crippen molar-refractivity contribution in [2.45, 2.75) is 46.6 Å². The SMILES string of the molecule is Cc1cc(C)cc(NC(=O)c2ccc(CCN(C(=O)O)C(CC(C)C)C(=O)O)cc2)c1. The highest BCUT2D eigenvalue weighted by Crippen LogP contribution is 2.17. The van der Waals surface area contributed by atoms with E-state index >= 15 is 0 Å². The Morgan fingerprint density at radius 1 is 0.968 bits per heavy atom. The monoisotopic (exact) mass is 426 g/mol. The van der Waals surface area contributed by atoms with Crippen molar-refractivity contribution in [2.75, 3.05) is 11.9 Å². The predicted molar refractivity (Wildman–Crippen MR) is 120 cm³/mol. The van der Waals surface area contributed by atoms with Crippen LogP contribution in [0.5, 0.6) is 0 Å². The Bertz CT molecular complexity index is 917. The molecule has 2 aromatic carbocycles. The third-order valence-electron chi connectivity index (χ3n) is 4.94. The van der Waals surface area contributed by atoms with Crippen molar-refractivity contribution in [1.29, 1.82) is 0 Å². The molecule has 7 nitrogen and oxygen atoms in total. The molecule has 0 heterocycles. The fraction of sp³-hybridized carbons (Fsp3) is 0.375. The molecule has 0 spiro atoms. The molecule has 2 amide bonds. The summed E-state index contributed by atoms with van der Waals surface area (Å²) in [6.45, 7) is 7.71. The lowest BCUT2D eigenvalue weighted by Gasteiger charge is -2.27. The number of rotatable bonds is 9. The van der Waals surface area contributed by atoms with Crippen LogP contribution in [-0.4, -0.2) is 45.7 Å². The lowest BCUT2D eigenvalue weighted by atomic mass is 10.0. The fourth-order valence-corrected chi connectivity index (χ4v) is 3.52. The Labute approximate surface area is 182 Å². The van der Waals surface area contributed by atoms with Crippen LogP contribution in [0.2, 0.25) is 0 Å². The number of carboxylic acids is 1. The van der Waals surface area contributed by atoms with Crippen LogP contribution in [0, 0.1) is 19.8 Å². The summed E-state index contributed by atoms with van der Waals surface area (Å²) in [5.41, 5.74) is 4.16. The number of hydrogen-bond donors (Lipinski definition) is 3. The molecule has 166 valence electrons. The lowest BCUT2D eigenvalue weighted by molar-refractivity contribution is -0.143. The molecule has 0 fully saturated rings. The standard InChI is InChI=1S/C24H30N2O5/c1-15(2)11-21(23(28)29)26(24(30)31)10-9-18-5-7-19(8-6-18)22(27)25-20-13-16(3)12-17(4)14-20/h5-8,12-15,21H,9-11H2,1-4H3,(H,25,27)(H,28,29)(H,30,31). The third-order valence-corrected chi connectivity index (χ3v) is 4.94. The van der Waals surface area contributed by atoms with Gasteiger partial charge in [-0.1, -0.05) is 32.0 Å². The first kappa shape index (κ1) is 23.9. The maximum absolute atomic E-state index is 12.5. The smallest absolute Gasteiger partial charge is 0.408 e. The van der Waals surface area contributed by atoms with Crippen molar-refractivity contribution in [3.8, 4) is 0 Å². The first-order valence-electron chi connectivity index (χ1n) is 10.3. The Balaban J connectivity index is 2.04. The molecule has 3 N–H and O–H groups in total. The van der Waals surface area contributed by atoms with Gasteiger partial charge in [0.1, 0.15) is 6.04 Å². The molecule has 0 aliphatic heterocycles. The van der Waals surface area contributed by atoms with E-state index in [2.05, 4.69) is 5.32 Å². The maximum Gasteiger partial charge on any atom is 0.408 e. The van der Waals surface area contributed by atoms with Gasteiger partial charge in [-0.3, -0.25) is 9.69 Å². The molecule has 1 atom stereocenters. The van der Waals surface area contributed by atoms with E-state index in [9.17, 15) is 24.6 Å². The minimum atomic E-state index is -1.25. The summed E-state index contributed by atoms with van der Waals surface area (Å²) in [7, 11) is 0. The van der Waals surface area contributed by atoms with Crippen LogP contribution in [0.25, 0.3) is 0 Å². The summed E-state index contributed by atoms with van der Waals surface area (Å²) in [6.07, 6.45) is -0.649. The normalized spacial score (nSPS) is 11.8. The molecule has 0 aliphatic rings. The fourth-order valence-electron chi connectivity index (χ4n) is 3.52. The topological polar surface area (TPSA) is 107 Å². The number of amides is 2. The van der Waals surface area contributed by atoms with Crippen LogP contribution >= 0.6 is 0 Å². The van der Waals surface area contributed by atoms with Gasteiger partial charge in [0.05, 0.1) is 0 Å². The van der Waals surface area contributed by atoms with Crippen LogP contribution in [0.4, 0.5) is 10.5 Å². The van der Waals surface area contributed by atoms with Crippen molar-refractivity contribution < 1.29 is 24.6 Å². The number of nitrogens with one attached hydrogen (secondary N) is 1. The van der Waals surface area contributed by atoms with E-state index in [1.165, 1.54) is 0 Å². The van der Waals surface area contributed by atoms with Gasteiger partial charge >= 0.3 is 12.1 Å². The number of anilines is 1. The summed E-state index contributed by atoms with van der Waals surface area (Å²) in [4.78, 5) is 36.7. The second-order valence-electron chi connectivity index (χ2n) is 8.24. The molecule has 0 saturated carbocycles. The first-order valence-corrected chi connectivity index (χ1v) is 10.3. The minimum absolute atomic E-state index is 0.0536. The Morgan fingerprint density at radius 3 is 2.03 bits per heavy atom. The highest BCUT2D eigenvalue weighted by Gasteiger charge is 2.29. The number of carbonyl (C=O) groups excluding carboxylic acids is 1. The highest BCUT2D eigenvalue weighted by molar-refractivity contribution is 6.04. The van der Waals surface area contributed by atoms with Gasteiger partial charge in [-0.2, -0.15) is 0 Å². The second kappa shape index (κ2) is 10.6. The van der Waals surface area contributed by atoms with Crippen molar-refractivity contribution in [3.63, 3.8) is 0 Å². The second-order valence-corrected chi connectivity index (χ2v) is 8.24. The number of carboxylic acid groups (broad SMARTS) is 2.